The van der Waals surface area contributed by atoms with Gasteiger partial charge in [0.05, 0.1) is 0 Å². The number of hydrogen-bond acceptors (Lipinski definition) is 3. The summed E-state index contributed by atoms with van der Waals surface area (Å²) in [6.45, 7) is 0.827. The highest BCUT2D eigenvalue weighted by molar-refractivity contribution is 5.97. The molecule has 4 nitrogen and oxygen atoms in total. The monoisotopic (exact) mass is 262 g/mol. The van der Waals surface area contributed by atoms with Gasteiger partial charge in [0.2, 0.25) is 0 Å². The lowest BCUT2D eigenvalue weighted by Gasteiger charge is -2.21. The molecule has 2 rings (SSSR count). The number of amides is 1. The fraction of sp³-hybridized carbons (Fsp3) is 0.533. The van der Waals surface area contributed by atoms with E-state index >= 15 is 0 Å². The molecule has 19 heavy (non-hydrogen) atoms. The number of rotatable bonds is 4. The highest BCUT2D eigenvalue weighted by atomic mass is 16.3. The molecule has 0 unspecified atom stereocenters. The second-order valence-corrected chi connectivity index (χ2v) is 5.63. The van der Waals surface area contributed by atoms with Gasteiger partial charge in [0.25, 0.3) is 5.91 Å². The second kappa shape index (κ2) is 5.72. The highest BCUT2D eigenvalue weighted by Crippen LogP contribution is 2.30. The highest BCUT2D eigenvalue weighted by Gasteiger charge is 2.38. The van der Waals surface area contributed by atoms with E-state index in [4.69, 9.17) is 0 Å². The standard InChI is InChI=1S/C15H22N2O2/c1-17(2)11-12-6-5-7-13(10-12)16-14(18)15(19)8-3-4-9-15/h5-7,10,19H,3-4,8-9,11H2,1-2H3,(H,16,18). The van der Waals surface area contributed by atoms with Crippen LogP contribution < -0.4 is 5.32 Å². The summed E-state index contributed by atoms with van der Waals surface area (Å²) in [5, 5.41) is 13.0. The number of hydrogen-bond donors (Lipinski definition) is 2. The van der Waals surface area contributed by atoms with Crippen molar-refractivity contribution < 1.29 is 9.90 Å². The SMILES string of the molecule is CN(C)Cc1cccc(NC(=O)C2(O)CCCC2)c1. The van der Waals surface area contributed by atoms with Gasteiger partial charge in [0, 0.05) is 12.2 Å². The van der Waals surface area contributed by atoms with Crippen LogP contribution in [0.1, 0.15) is 31.2 Å². The lowest BCUT2D eigenvalue weighted by molar-refractivity contribution is -0.133. The molecule has 0 radical (unpaired) electrons. The van der Waals surface area contributed by atoms with Crippen molar-refractivity contribution in [2.45, 2.75) is 37.8 Å². The van der Waals surface area contributed by atoms with Gasteiger partial charge < -0.3 is 15.3 Å². The minimum absolute atomic E-state index is 0.271. The van der Waals surface area contributed by atoms with Crippen molar-refractivity contribution in [3.63, 3.8) is 0 Å². The number of carbonyl (C=O) groups excluding carboxylic acids is 1. The van der Waals surface area contributed by atoms with Gasteiger partial charge >= 0.3 is 0 Å². The zero-order valence-corrected chi connectivity index (χ0v) is 11.6. The van der Waals surface area contributed by atoms with Crippen LogP contribution in [-0.4, -0.2) is 35.6 Å². The van der Waals surface area contributed by atoms with Gasteiger partial charge in [-0.1, -0.05) is 12.1 Å². The van der Waals surface area contributed by atoms with E-state index in [9.17, 15) is 9.90 Å². The Balaban J connectivity index is 2.04. The minimum Gasteiger partial charge on any atom is -0.380 e. The van der Waals surface area contributed by atoms with Crippen LogP contribution in [0.15, 0.2) is 24.3 Å². The van der Waals surface area contributed by atoms with E-state index in [1.165, 1.54) is 0 Å². The molecule has 0 spiro atoms. The molecule has 0 aliphatic heterocycles. The number of carbonyl (C=O) groups is 1. The van der Waals surface area contributed by atoms with Gasteiger partial charge in [-0.15, -0.1) is 0 Å². The molecule has 0 bridgehead atoms. The number of benzene rings is 1. The average Bonchev–Trinajstić information content (AvgIpc) is 2.77. The zero-order chi connectivity index (χ0) is 13.9. The number of aliphatic hydroxyl groups is 1. The first kappa shape index (κ1) is 14.0. The Morgan fingerprint density at radius 1 is 1.37 bits per heavy atom. The van der Waals surface area contributed by atoms with Crippen molar-refractivity contribution in [3.8, 4) is 0 Å². The summed E-state index contributed by atoms with van der Waals surface area (Å²) in [4.78, 5) is 14.2. The van der Waals surface area contributed by atoms with Crippen LogP contribution >= 0.6 is 0 Å². The summed E-state index contributed by atoms with van der Waals surface area (Å²) in [6.07, 6.45) is 2.97. The predicted molar refractivity (Wildman–Crippen MR) is 75.9 cm³/mol. The lowest BCUT2D eigenvalue weighted by atomic mass is 10.0. The third-order valence-corrected chi connectivity index (χ3v) is 3.54. The van der Waals surface area contributed by atoms with E-state index in [0.717, 1.165) is 30.6 Å². The summed E-state index contributed by atoms with van der Waals surface area (Å²) < 4.78 is 0. The van der Waals surface area contributed by atoms with E-state index in [-0.39, 0.29) is 5.91 Å². The van der Waals surface area contributed by atoms with E-state index < -0.39 is 5.60 Å². The van der Waals surface area contributed by atoms with E-state index in [1.54, 1.807) is 0 Å². The summed E-state index contributed by atoms with van der Waals surface area (Å²) >= 11 is 0. The molecule has 0 aromatic heterocycles. The van der Waals surface area contributed by atoms with Crippen LogP contribution in [-0.2, 0) is 11.3 Å². The quantitative estimate of drug-likeness (QED) is 0.872. The largest absolute Gasteiger partial charge is 0.380 e. The molecule has 0 atom stereocenters. The second-order valence-electron chi connectivity index (χ2n) is 5.63. The summed E-state index contributed by atoms with van der Waals surface area (Å²) in [5.41, 5.74) is 0.725. The number of nitrogens with one attached hydrogen (secondary N) is 1. The molecule has 4 heteroatoms. The van der Waals surface area contributed by atoms with Gasteiger partial charge in [-0.3, -0.25) is 4.79 Å². The average molecular weight is 262 g/mol. The third-order valence-electron chi connectivity index (χ3n) is 3.54. The van der Waals surface area contributed by atoms with E-state index in [1.807, 2.05) is 38.4 Å². The van der Waals surface area contributed by atoms with Gasteiger partial charge in [0.15, 0.2) is 0 Å². The van der Waals surface area contributed by atoms with Crippen molar-refractivity contribution >= 4 is 11.6 Å². The first-order valence-corrected chi connectivity index (χ1v) is 6.77. The van der Waals surface area contributed by atoms with Crippen LogP contribution in [0.25, 0.3) is 0 Å². The Kier molecular flexibility index (Phi) is 4.22. The van der Waals surface area contributed by atoms with Gasteiger partial charge in [-0.2, -0.15) is 0 Å². The third kappa shape index (κ3) is 3.55. The fourth-order valence-electron chi connectivity index (χ4n) is 2.55. The maximum absolute atomic E-state index is 12.1. The van der Waals surface area contributed by atoms with Crippen LogP contribution in [0.2, 0.25) is 0 Å². The first-order chi connectivity index (χ1) is 8.99. The molecule has 104 valence electrons. The molecule has 0 heterocycles. The lowest BCUT2D eigenvalue weighted by Crippen LogP contribution is -2.40. The molecule has 1 fully saturated rings. The van der Waals surface area contributed by atoms with Crippen molar-refractivity contribution in [1.82, 2.24) is 4.90 Å². The molecule has 1 aliphatic carbocycles. The molecule has 1 aromatic rings. The molecular formula is C15H22N2O2. The predicted octanol–water partition coefficient (Wildman–Crippen LogP) is 1.99. The number of anilines is 1. The fourth-order valence-corrected chi connectivity index (χ4v) is 2.55. The first-order valence-electron chi connectivity index (χ1n) is 6.77. The summed E-state index contributed by atoms with van der Waals surface area (Å²) in [6, 6.07) is 7.76. The minimum atomic E-state index is -1.17. The van der Waals surface area contributed by atoms with Crippen LogP contribution in [0, 0.1) is 0 Å². The maximum atomic E-state index is 12.1. The van der Waals surface area contributed by atoms with Crippen molar-refractivity contribution in [1.29, 1.82) is 0 Å². The van der Waals surface area contributed by atoms with Crippen molar-refractivity contribution in [3.05, 3.63) is 29.8 Å². The Morgan fingerprint density at radius 2 is 2.05 bits per heavy atom. The Bertz CT molecular complexity index is 451. The number of nitrogens with zero attached hydrogens (tertiary/aromatic N) is 1. The topological polar surface area (TPSA) is 52.6 Å². The molecule has 1 aromatic carbocycles. The normalized spacial score (nSPS) is 17.7. The van der Waals surface area contributed by atoms with E-state index in [2.05, 4.69) is 10.2 Å². The van der Waals surface area contributed by atoms with Crippen LogP contribution in [0.5, 0.6) is 0 Å². The van der Waals surface area contributed by atoms with Crippen molar-refractivity contribution in [2.75, 3.05) is 19.4 Å². The Morgan fingerprint density at radius 3 is 2.68 bits per heavy atom. The molecule has 1 saturated carbocycles. The van der Waals surface area contributed by atoms with Gasteiger partial charge in [-0.05, 0) is 57.5 Å². The molecular weight excluding hydrogens is 240 g/mol. The molecule has 0 saturated heterocycles. The maximum Gasteiger partial charge on any atom is 0.256 e. The van der Waals surface area contributed by atoms with Gasteiger partial charge in [0.1, 0.15) is 5.60 Å². The summed E-state index contributed by atoms with van der Waals surface area (Å²) in [5.74, 6) is -0.271. The van der Waals surface area contributed by atoms with Crippen LogP contribution in [0.3, 0.4) is 0 Å². The zero-order valence-electron chi connectivity index (χ0n) is 11.6. The Hall–Kier alpha value is -1.39. The summed E-state index contributed by atoms with van der Waals surface area (Å²) in [7, 11) is 4.01. The van der Waals surface area contributed by atoms with Gasteiger partial charge in [-0.25, -0.2) is 0 Å². The van der Waals surface area contributed by atoms with E-state index in [0.29, 0.717) is 12.8 Å². The molecule has 1 aliphatic rings. The smallest absolute Gasteiger partial charge is 0.256 e. The molecule has 2 N–H and O–H groups in total. The molecule has 1 amide bonds. The van der Waals surface area contributed by atoms with Crippen molar-refractivity contribution in [2.24, 2.45) is 0 Å². The Labute approximate surface area is 114 Å². The van der Waals surface area contributed by atoms with Crippen LogP contribution in [0.4, 0.5) is 5.69 Å².